The van der Waals surface area contributed by atoms with Gasteiger partial charge in [0.1, 0.15) is 0 Å². The molecular weight excluding hydrogens is 221 g/mol. The Bertz CT molecular complexity index is 354. The molecule has 0 amide bonds. The van der Waals surface area contributed by atoms with Crippen LogP contribution in [-0.2, 0) is 0 Å². The van der Waals surface area contributed by atoms with Gasteiger partial charge in [-0.2, -0.15) is 0 Å². The molecule has 1 unspecified atom stereocenters. The highest BCUT2D eigenvalue weighted by Gasteiger charge is 2.17. The van der Waals surface area contributed by atoms with E-state index in [1.165, 1.54) is 0 Å². The predicted molar refractivity (Wildman–Crippen MR) is 59.7 cm³/mol. The van der Waals surface area contributed by atoms with Gasteiger partial charge in [0, 0.05) is 18.0 Å². The predicted octanol–water partition coefficient (Wildman–Crippen LogP) is 3.58. The van der Waals surface area contributed by atoms with Crippen LogP contribution in [0.5, 0.6) is 5.75 Å². The van der Waals surface area contributed by atoms with Crippen LogP contribution in [0, 0.1) is 0 Å². The fraction of sp³-hybridized carbons (Fsp3) is 0.400. The molecule has 2 nitrogen and oxygen atoms in total. The molecule has 1 heterocycles. The van der Waals surface area contributed by atoms with E-state index in [2.05, 4.69) is 5.32 Å². The third-order valence-electron chi connectivity index (χ3n) is 2.19. The van der Waals surface area contributed by atoms with Gasteiger partial charge < -0.3 is 10.1 Å². The van der Waals surface area contributed by atoms with Crippen LogP contribution < -0.4 is 10.1 Å². The van der Waals surface area contributed by atoms with Crippen LogP contribution >= 0.6 is 23.2 Å². The lowest BCUT2D eigenvalue weighted by atomic mass is 10.3. The Labute approximate surface area is 93.2 Å². The van der Waals surface area contributed by atoms with Gasteiger partial charge in [-0.05, 0) is 19.1 Å². The zero-order valence-electron chi connectivity index (χ0n) is 7.81. The van der Waals surface area contributed by atoms with Crippen LogP contribution in [-0.4, -0.2) is 12.6 Å². The van der Waals surface area contributed by atoms with Gasteiger partial charge in [0.2, 0.25) is 0 Å². The smallest absolute Gasteiger partial charge is 0.161 e. The van der Waals surface area contributed by atoms with Crippen molar-refractivity contribution in [3.05, 3.63) is 22.2 Å². The van der Waals surface area contributed by atoms with Crippen molar-refractivity contribution in [2.24, 2.45) is 0 Å². The van der Waals surface area contributed by atoms with Gasteiger partial charge in [0.05, 0.1) is 16.8 Å². The molecule has 1 N–H and O–H groups in total. The Morgan fingerprint density at radius 3 is 3.00 bits per heavy atom. The summed E-state index contributed by atoms with van der Waals surface area (Å²) in [6.07, 6.45) is 1.14. The fourth-order valence-corrected chi connectivity index (χ4v) is 2.02. The van der Waals surface area contributed by atoms with Crippen LogP contribution in [0.3, 0.4) is 0 Å². The van der Waals surface area contributed by atoms with Crippen molar-refractivity contribution in [1.29, 1.82) is 0 Å². The lowest BCUT2D eigenvalue weighted by Gasteiger charge is -2.13. The topological polar surface area (TPSA) is 21.3 Å². The minimum absolute atomic E-state index is 0.183. The molecule has 4 heteroatoms. The Hall–Kier alpha value is -0.600. The quantitative estimate of drug-likeness (QED) is 0.738. The highest BCUT2D eigenvalue weighted by Crippen LogP contribution is 2.38. The summed E-state index contributed by atoms with van der Waals surface area (Å²) in [6, 6.07) is 3.53. The van der Waals surface area contributed by atoms with E-state index in [0.29, 0.717) is 15.8 Å². The van der Waals surface area contributed by atoms with Crippen LogP contribution in [0.1, 0.15) is 13.3 Å². The van der Waals surface area contributed by atoms with Crippen LogP contribution in [0.4, 0.5) is 5.69 Å². The van der Waals surface area contributed by atoms with Gasteiger partial charge in [-0.25, -0.2) is 0 Å². The van der Waals surface area contributed by atoms with E-state index in [0.717, 1.165) is 18.7 Å². The number of hydrogen-bond acceptors (Lipinski definition) is 2. The molecule has 0 spiro atoms. The number of ether oxygens (including phenoxy) is 1. The lowest BCUT2D eigenvalue weighted by molar-refractivity contribution is 0.222. The molecule has 0 saturated carbocycles. The van der Waals surface area contributed by atoms with Crippen molar-refractivity contribution in [1.82, 2.24) is 0 Å². The first kappa shape index (κ1) is 9.94. The van der Waals surface area contributed by atoms with Crippen molar-refractivity contribution < 1.29 is 4.74 Å². The SMILES string of the molecule is CC1CCNc2cc(Cl)cc(Cl)c2O1. The number of benzene rings is 1. The first-order valence-corrected chi connectivity index (χ1v) is 5.32. The molecule has 0 aliphatic carbocycles. The molecule has 1 aromatic carbocycles. The van der Waals surface area contributed by atoms with E-state index in [4.69, 9.17) is 27.9 Å². The van der Waals surface area contributed by atoms with Crippen LogP contribution in [0.25, 0.3) is 0 Å². The molecule has 0 aromatic heterocycles. The molecule has 0 bridgehead atoms. The van der Waals surface area contributed by atoms with Gasteiger partial charge in [0.25, 0.3) is 0 Å². The summed E-state index contributed by atoms with van der Waals surface area (Å²) >= 11 is 11.9. The molecule has 1 aliphatic rings. The summed E-state index contributed by atoms with van der Waals surface area (Å²) in [5.41, 5.74) is 0.881. The minimum Gasteiger partial charge on any atom is -0.487 e. The van der Waals surface area contributed by atoms with E-state index in [1.807, 2.05) is 13.0 Å². The van der Waals surface area contributed by atoms with E-state index in [9.17, 15) is 0 Å². The zero-order valence-corrected chi connectivity index (χ0v) is 9.32. The first-order chi connectivity index (χ1) is 6.66. The fourth-order valence-electron chi connectivity index (χ4n) is 1.48. The first-order valence-electron chi connectivity index (χ1n) is 4.56. The van der Waals surface area contributed by atoms with Crippen molar-refractivity contribution in [2.45, 2.75) is 19.4 Å². The Morgan fingerprint density at radius 1 is 1.43 bits per heavy atom. The summed E-state index contributed by atoms with van der Waals surface area (Å²) in [6.45, 7) is 2.91. The summed E-state index contributed by atoms with van der Waals surface area (Å²) in [7, 11) is 0. The summed E-state index contributed by atoms with van der Waals surface area (Å²) in [5.74, 6) is 0.709. The second-order valence-corrected chi connectivity index (χ2v) is 4.25. The summed E-state index contributed by atoms with van der Waals surface area (Å²) in [4.78, 5) is 0. The van der Waals surface area contributed by atoms with E-state index in [-0.39, 0.29) is 6.10 Å². The zero-order chi connectivity index (χ0) is 10.1. The summed E-state index contributed by atoms with van der Waals surface area (Å²) in [5, 5.41) is 4.43. The molecule has 1 aliphatic heterocycles. The molecule has 2 rings (SSSR count). The van der Waals surface area contributed by atoms with Crippen molar-refractivity contribution >= 4 is 28.9 Å². The molecular formula is C10H11Cl2NO. The number of anilines is 1. The minimum atomic E-state index is 0.183. The van der Waals surface area contributed by atoms with Gasteiger partial charge in [-0.3, -0.25) is 0 Å². The van der Waals surface area contributed by atoms with E-state index < -0.39 is 0 Å². The van der Waals surface area contributed by atoms with E-state index >= 15 is 0 Å². The third-order valence-corrected chi connectivity index (χ3v) is 2.69. The number of nitrogens with one attached hydrogen (secondary N) is 1. The van der Waals surface area contributed by atoms with Gasteiger partial charge in [-0.1, -0.05) is 23.2 Å². The van der Waals surface area contributed by atoms with Crippen LogP contribution in [0.2, 0.25) is 10.0 Å². The number of rotatable bonds is 0. The van der Waals surface area contributed by atoms with Crippen molar-refractivity contribution in [2.75, 3.05) is 11.9 Å². The highest BCUT2D eigenvalue weighted by atomic mass is 35.5. The lowest BCUT2D eigenvalue weighted by Crippen LogP contribution is -2.12. The molecule has 0 saturated heterocycles. The van der Waals surface area contributed by atoms with Crippen LogP contribution in [0.15, 0.2) is 12.1 Å². The molecule has 1 atom stereocenters. The average Bonchev–Trinajstić information content (AvgIpc) is 2.27. The maximum absolute atomic E-state index is 6.04. The Morgan fingerprint density at radius 2 is 2.21 bits per heavy atom. The molecule has 14 heavy (non-hydrogen) atoms. The van der Waals surface area contributed by atoms with E-state index in [1.54, 1.807) is 6.07 Å². The number of hydrogen-bond donors (Lipinski definition) is 1. The Balaban J connectivity index is 2.45. The Kier molecular flexibility index (Phi) is 2.75. The van der Waals surface area contributed by atoms with Crippen molar-refractivity contribution in [3.63, 3.8) is 0 Å². The maximum Gasteiger partial charge on any atom is 0.161 e. The maximum atomic E-state index is 6.04. The monoisotopic (exact) mass is 231 g/mol. The molecule has 0 radical (unpaired) electrons. The molecule has 0 fully saturated rings. The number of halogens is 2. The largest absolute Gasteiger partial charge is 0.487 e. The molecule has 76 valence electrons. The normalized spacial score (nSPS) is 20.4. The molecule has 1 aromatic rings. The second-order valence-electron chi connectivity index (χ2n) is 3.41. The highest BCUT2D eigenvalue weighted by molar-refractivity contribution is 6.36. The second kappa shape index (κ2) is 3.87. The van der Waals surface area contributed by atoms with Crippen molar-refractivity contribution in [3.8, 4) is 5.75 Å². The van der Waals surface area contributed by atoms with Gasteiger partial charge >= 0.3 is 0 Å². The standard InChI is InChI=1S/C10H11Cl2NO/c1-6-2-3-13-9-5-7(11)4-8(12)10(9)14-6/h4-6,13H,2-3H2,1H3. The summed E-state index contributed by atoms with van der Waals surface area (Å²) < 4.78 is 5.69. The van der Waals surface area contributed by atoms with Gasteiger partial charge in [-0.15, -0.1) is 0 Å². The third kappa shape index (κ3) is 1.91. The number of fused-ring (bicyclic) bond motifs is 1. The van der Waals surface area contributed by atoms with Gasteiger partial charge in [0.15, 0.2) is 5.75 Å². The average molecular weight is 232 g/mol.